The summed E-state index contributed by atoms with van der Waals surface area (Å²) in [6, 6.07) is 0. The van der Waals surface area contributed by atoms with E-state index >= 15 is 0 Å². The molecular formula is C17H30N2. The first-order chi connectivity index (χ1) is 9.20. The van der Waals surface area contributed by atoms with Crippen molar-refractivity contribution < 1.29 is 0 Å². The molecule has 1 saturated heterocycles. The molecule has 1 heterocycles. The second kappa shape index (κ2) is 4.46. The number of piperazine rings is 1. The van der Waals surface area contributed by atoms with Crippen molar-refractivity contribution in [1.82, 2.24) is 10.2 Å². The second-order valence-corrected chi connectivity index (χ2v) is 8.15. The molecule has 0 aromatic carbocycles. The van der Waals surface area contributed by atoms with Gasteiger partial charge in [-0.15, -0.1) is 0 Å². The van der Waals surface area contributed by atoms with Gasteiger partial charge in [0.15, 0.2) is 0 Å². The molecule has 1 unspecified atom stereocenters. The molecule has 3 saturated carbocycles. The molecule has 0 aromatic heterocycles. The van der Waals surface area contributed by atoms with Crippen LogP contribution in [0.3, 0.4) is 0 Å². The average molecular weight is 262 g/mol. The molecule has 1 spiro atoms. The van der Waals surface area contributed by atoms with Gasteiger partial charge in [-0.05, 0) is 57.3 Å². The molecule has 3 aliphatic carbocycles. The van der Waals surface area contributed by atoms with Crippen LogP contribution in [0.1, 0.15) is 64.7 Å². The molecule has 0 aromatic rings. The lowest BCUT2D eigenvalue weighted by Crippen LogP contribution is -2.70. The van der Waals surface area contributed by atoms with Gasteiger partial charge in [0.1, 0.15) is 0 Å². The third kappa shape index (κ3) is 2.35. The summed E-state index contributed by atoms with van der Waals surface area (Å²) in [7, 11) is 0. The van der Waals surface area contributed by atoms with E-state index in [4.69, 9.17) is 0 Å². The van der Waals surface area contributed by atoms with Crippen molar-refractivity contribution in [2.45, 2.75) is 75.8 Å². The zero-order valence-electron chi connectivity index (χ0n) is 12.6. The Morgan fingerprint density at radius 2 is 1.79 bits per heavy atom. The van der Waals surface area contributed by atoms with Crippen molar-refractivity contribution in [3.8, 4) is 0 Å². The number of nitrogens with one attached hydrogen (secondary N) is 1. The molecule has 0 radical (unpaired) electrons. The van der Waals surface area contributed by atoms with Crippen LogP contribution in [0.15, 0.2) is 0 Å². The van der Waals surface area contributed by atoms with Gasteiger partial charge in [0.2, 0.25) is 0 Å². The minimum atomic E-state index is 0.477. The minimum Gasteiger partial charge on any atom is -0.308 e. The van der Waals surface area contributed by atoms with Gasteiger partial charge in [-0.25, -0.2) is 0 Å². The molecule has 1 N–H and O–H groups in total. The molecule has 1 aliphatic heterocycles. The van der Waals surface area contributed by atoms with Crippen LogP contribution in [0, 0.1) is 11.8 Å². The molecule has 4 fully saturated rings. The Morgan fingerprint density at radius 3 is 2.42 bits per heavy atom. The number of rotatable bonds is 3. The van der Waals surface area contributed by atoms with Gasteiger partial charge >= 0.3 is 0 Å². The van der Waals surface area contributed by atoms with Gasteiger partial charge in [-0.3, -0.25) is 4.90 Å². The van der Waals surface area contributed by atoms with E-state index in [0.717, 1.165) is 11.8 Å². The van der Waals surface area contributed by atoms with E-state index in [-0.39, 0.29) is 0 Å². The van der Waals surface area contributed by atoms with Gasteiger partial charge in [-0.1, -0.05) is 19.3 Å². The lowest BCUT2D eigenvalue weighted by Gasteiger charge is -2.55. The van der Waals surface area contributed by atoms with Crippen LogP contribution in [0.25, 0.3) is 0 Å². The van der Waals surface area contributed by atoms with Crippen molar-refractivity contribution in [2.24, 2.45) is 11.8 Å². The highest BCUT2D eigenvalue weighted by Gasteiger charge is 2.52. The van der Waals surface area contributed by atoms with E-state index in [2.05, 4.69) is 17.1 Å². The maximum Gasteiger partial charge on any atom is 0.0335 e. The van der Waals surface area contributed by atoms with E-state index in [9.17, 15) is 0 Å². The topological polar surface area (TPSA) is 15.3 Å². The fourth-order valence-electron chi connectivity index (χ4n) is 4.64. The third-order valence-corrected chi connectivity index (χ3v) is 6.48. The van der Waals surface area contributed by atoms with Crippen LogP contribution < -0.4 is 5.32 Å². The maximum atomic E-state index is 4.03. The van der Waals surface area contributed by atoms with E-state index in [1.807, 2.05) is 0 Å². The van der Waals surface area contributed by atoms with Crippen LogP contribution in [-0.4, -0.2) is 35.6 Å². The Balaban J connectivity index is 1.52. The summed E-state index contributed by atoms with van der Waals surface area (Å²) in [4.78, 5) is 2.93. The van der Waals surface area contributed by atoms with Crippen LogP contribution in [0.4, 0.5) is 0 Å². The predicted octanol–water partition coefficient (Wildman–Crippen LogP) is 3.17. The predicted molar refractivity (Wildman–Crippen MR) is 79.2 cm³/mol. The van der Waals surface area contributed by atoms with Crippen molar-refractivity contribution in [1.29, 1.82) is 0 Å². The van der Waals surface area contributed by atoms with Crippen LogP contribution in [0.5, 0.6) is 0 Å². The number of hydrogen-bond donors (Lipinski definition) is 1. The smallest absolute Gasteiger partial charge is 0.0335 e. The first-order valence-electron chi connectivity index (χ1n) is 8.70. The molecule has 0 bridgehead atoms. The molecule has 1 atom stereocenters. The van der Waals surface area contributed by atoms with E-state index < -0.39 is 0 Å². The highest BCUT2D eigenvalue weighted by Crippen LogP contribution is 2.47. The minimum absolute atomic E-state index is 0.477. The normalized spacial score (nSPS) is 39.6. The molecule has 2 nitrogen and oxygen atoms in total. The lowest BCUT2D eigenvalue weighted by atomic mass is 9.76. The van der Waals surface area contributed by atoms with Gasteiger partial charge in [-0.2, -0.15) is 0 Å². The summed E-state index contributed by atoms with van der Waals surface area (Å²) in [6.45, 7) is 6.55. The summed E-state index contributed by atoms with van der Waals surface area (Å²) in [5, 5.41) is 4.03. The zero-order valence-corrected chi connectivity index (χ0v) is 12.6. The first-order valence-corrected chi connectivity index (χ1v) is 8.70. The molecular weight excluding hydrogens is 232 g/mol. The van der Waals surface area contributed by atoms with Gasteiger partial charge in [0.25, 0.3) is 0 Å². The SMILES string of the molecule is CC1(C2CC2)CNC2(CCCCC2)CN1CC1CC1. The Kier molecular flexibility index (Phi) is 2.97. The molecule has 0 amide bonds. The monoisotopic (exact) mass is 262 g/mol. The van der Waals surface area contributed by atoms with Crippen molar-refractivity contribution in [2.75, 3.05) is 19.6 Å². The standard InChI is InChI=1S/C17H30N2/c1-16(15-7-8-15)12-18-17(9-3-2-4-10-17)13-19(16)11-14-5-6-14/h14-15,18H,2-13H2,1H3. The molecule has 4 rings (SSSR count). The fraction of sp³-hybridized carbons (Fsp3) is 1.00. The third-order valence-electron chi connectivity index (χ3n) is 6.48. The summed E-state index contributed by atoms with van der Waals surface area (Å²) in [5.74, 6) is 2.02. The second-order valence-electron chi connectivity index (χ2n) is 8.15. The molecule has 2 heteroatoms. The van der Waals surface area contributed by atoms with Crippen LogP contribution in [-0.2, 0) is 0 Å². The van der Waals surface area contributed by atoms with Crippen molar-refractivity contribution in [3.05, 3.63) is 0 Å². The Hall–Kier alpha value is -0.0800. The quantitative estimate of drug-likeness (QED) is 0.840. The first kappa shape index (κ1) is 12.6. The highest BCUT2D eigenvalue weighted by molar-refractivity contribution is 5.10. The molecule has 108 valence electrons. The maximum absolute atomic E-state index is 4.03. The Morgan fingerprint density at radius 1 is 1.05 bits per heavy atom. The fourth-order valence-corrected chi connectivity index (χ4v) is 4.64. The van der Waals surface area contributed by atoms with Gasteiger partial charge in [0, 0.05) is 30.7 Å². The Bertz CT molecular complexity index is 339. The van der Waals surface area contributed by atoms with Crippen LogP contribution in [0.2, 0.25) is 0 Å². The van der Waals surface area contributed by atoms with E-state index in [1.165, 1.54) is 77.4 Å². The summed E-state index contributed by atoms with van der Waals surface area (Å²) < 4.78 is 0. The highest BCUT2D eigenvalue weighted by atomic mass is 15.3. The Labute approximate surface area is 118 Å². The van der Waals surface area contributed by atoms with Crippen molar-refractivity contribution >= 4 is 0 Å². The number of hydrogen-bond acceptors (Lipinski definition) is 2. The van der Waals surface area contributed by atoms with E-state index in [1.54, 1.807) is 0 Å². The lowest BCUT2D eigenvalue weighted by molar-refractivity contribution is -0.0146. The zero-order chi connectivity index (χ0) is 12.9. The summed E-state index contributed by atoms with van der Waals surface area (Å²) >= 11 is 0. The average Bonchev–Trinajstić information content (AvgIpc) is 3.27. The van der Waals surface area contributed by atoms with Gasteiger partial charge < -0.3 is 5.32 Å². The van der Waals surface area contributed by atoms with Crippen molar-refractivity contribution in [3.63, 3.8) is 0 Å². The largest absolute Gasteiger partial charge is 0.308 e. The molecule has 19 heavy (non-hydrogen) atoms. The van der Waals surface area contributed by atoms with E-state index in [0.29, 0.717) is 11.1 Å². The van der Waals surface area contributed by atoms with Gasteiger partial charge in [0.05, 0.1) is 0 Å². The van der Waals surface area contributed by atoms with Crippen LogP contribution >= 0.6 is 0 Å². The molecule has 4 aliphatic rings. The number of nitrogens with zero attached hydrogens (tertiary/aromatic N) is 1. The summed E-state index contributed by atoms with van der Waals surface area (Å²) in [5.41, 5.74) is 0.965. The summed E-state index contributed by atoms with van der Waals surface area (Å²) in [6.07, 6.45) is 13.2.